The van der Waals surface area contributed by atoms with Crippen LogP contribution in [0.1, 0.15) is 12.0 Å². The van der Waals surface area contributed by atoms with Crippen LogP contribution >= 0.6 is 11.6 Å². The van der Waals surface area contributed by atoms with Gasteiger partial charge in [0, 0.05) is 37.3 Å². The smallest absolute Gasteiger partial charge is 0.106 e. The van der Waals surface area contributed by atoms with Gasteiger partial charge in [-0.15, -0.1) is 0 Å². The van der Waals surface area contributed by atoms with E-state index in [1.807, 2.05) is 18.2 Å². The lowest BCUT2D eigenvalue weighted by atomic mass is 10.0. The van der Waals surface area contributed by atoms with Crippen molar-refractivity contribution in [3.63, 3.8) is 0 Å². The Hall–Kier alpha value is -1.32. The van der Waals surface area contributed by atoms with Gasteiger partial charge in [-0.05, 0) is 5.56 Å². The summed E-state index contributed by atoms with van der Waals surface area (Å²) in [7, 11) is 0. The van der Waals surface area contributed by atoms with Gasteiger partial charge in [0.2, 0.25) is 0 Å². The van der Waals surface area contributed by atoms with Crippen molar-refractivity contribution < 1.29 is 0 Å². The lowest BCUT2D eigenvalue weighted by molar-refractivity contribution is 0.289. The van der Waals surface area contributed by atoms with Crippen molar-refractivity contribution in [1.82, 2.24) is 4.90 Å². The molecule has 0 bridgehead atoms. The molecule has 0 amide bonds. The van der Waals surface area contributed by atoms with E-state index in [-0.39, 0.29) is 5.16 Å². The number of likely N-dealkylation sites (tertiary alicyclic amines) is 1. The maximum Gasteiger partial charge on any atom is 0.106 e. The normalized spacial score (nSPS) is 20.4. The van der Waals surface area contributed by atoms with Gasteiger partial charge in [-0.1, -0.05) is 41.9 Å². The van der Waals surface area contributed by atoms with Crippen LogP contribution < -0.4 is 5.73 Å². The van der Waals surface area contributed by atoms with Crippen LogP contribution in [0.15, 0.2) is 41.1 Å². The average Bonchev–Trinajstić information content (AvgIpc) is 2.32. The Kier molecular flexibility index (Phi) is 3.82. The first-order chi connectivity index (χ1) is 8.16. The molecule has 3 N–H and O–H groups in total. The fourth-order valence-electron chi connectivity index (χ4n) is 2.02. The second kappa shape index (κ2) is 5.34. The van der Waals surface area contributed by atoms with Crippen molar-refractivity contribution in [2.24, 2.45) is 5.73 Å². The SMILES string of the molecule is N=C1CCN(Cc2ccccc2)C/C1=C(/N)Cl. The van der Waals surface area contributed by atoms with E-state index in [0.717, 1.165) is 25.1 Å². The summed E-state index contributed by atoms with van der Waals surface area (Å²) >= 11 is 5.81. The van der Waals surface area contributed by atoms with Gasteiger partial charge < -0.3 is 11.1 Å². The molecule has 0 atom stereocenters. The molecule has 17 heavy (non-hydrogen) atoms. The van der Waals surface area contributed by atoms with Crippen molar-refractivity contribution in [2.45, 2.75) is 13.0 Å². The molecule has 1 heterocycles. The van der Waals surface area contributed by atoms with Gasteiger partial charge in [-0.3, -0.25) is 4.90 Å². The zero-order valence-electron chi connectivity index (χ0n) is 9.62. The largest absolute Gasteiger partial charge is 0.389 e. The molecule has 1 aromatic rings. The lowest BCUT2D eigenvalue weighted by Crippen LogP contribution is -2.36. The molecule has 2 rings (SSSR count). The zero-order valence-corrected chi connectivity index (χ0v) is 10.4. The minimum absolute atomic E-state index is 0.257. The van der Waals surface area contributed by atoms with Crippen molar-refractivity contribution in [3.05, 3.63) is 46.6 Å². The molecule has 1 aliphatic heterocycles. The number of benzene rings is 1. The predicted octanol–water partition coefficient (Wildman–Crippen LogP) is 2.32. The molecule has 0 spiro atoms. The van der Waals surface area contributed by atoms with Crippen molar-refractivity contribution in [1.29, 1.82) is 5.41 Å². The van der Waals surface area contributed by atoms with E-state index in [1.54, 1.807) is 0 Å². The Bertz CT molecular complexity index is 435. The summed E-state index contributed by atoms with van der Waals surface area (Å²) in [6.45, 7) is 2.44. The maximum atomic E-state index is 7.80. The van der Waals surface area contributed by atoms with Crippen LogP contribution in [0.3, 0.4) is 0 Å². The predicted molar refractivity (Wildman–Crippen MR) is 71.1 cm³/mol. The number of hydrogen-bond donors (Lipinski definition) is 2. The summed E-state index contributed by atoms with van der Waals surface area (Å²) in [6, 6.07) is 10.3. The molecule has 0 aromatic heterocycles. The summed E-state index contributed by atoms with van der Waals surface area (Å²) in [5.41, 5.74) is 8.21. The Morgan fingerprint density at radius 1 is 1.35 bits per heavy atom. The minimum Gasteiger partial charge on any atom is -0.389 e. The number of hydrogen-bond acceptors (Lipinski definition) is 3. The Labute approximate surface area is 106 Å². The van der Waals surface area contributed by atoms with E-state index >= 15 is 0 Å². The van der Waals surface area contributed by atoms with E-state index < -0.39 is 0 Å². The summed E-state index contributed by atoms with van der Waals surface area (Å²) < 4.78 is 0. The quantitative estimate of drug-likeness (QED) is 0.791. The van der Waals surface area contributed by atoms with E-state index in [1.165, 1.54) is 5.56 Å². The monoisotopic (exact) mass is 249 g/mol. The van der Waals surface area contributed by atoms with Crippen LogP contribution in [0, 0.1) is 5.41 Å². The molecule has 0 radical (unpaired) electrons. The molecule has 0 aliphatic carbocycles. The highest BCUT2D eigenvalue weighted by Crippen LogP contribution is 2.18. The molecule has 1 fully saturated rings. The van der Waals surface area contributed by atoms with Crippen LogP contribution in [0.5, 0.6) is 0 Å². The Morgan fingerprint density at radius 3 is 2.71 bits per heavy atom. The highest BCUT2D eigenvalue weighted by Gasteiger charge is 2.20. The number of piperidine rings is 1. The van der Waals surface area contributed by atoms with Gasteiger partial charge in [0.25, 0.3) is 0 Å². The van der Waals surface area contributed by atoms with E-state index in [0.29, 0.717) is 12.3 Å². The molecular weight excluding hydrogens is 234 g/mol. The maximum absolute atomic E-state index is 7.80. The first kappa shape index (κ1) is 12.1. The van der Waals surface area contributed by atoms with Crippen LogP contribution in [-0.4, -0.2) is 23.7 Å². The highest BCUT2D eigenvalue weighted by molar-refractivity contribution is 6.31. The van der Waals surface area contributed by atoms with Crippen molar-refractivity contribution in [2.75, 3.05) is 13.1 Å². The van der Waals surface area contributed by atoms with Crippen LogP contribution in [0.25, 0.3) is 0 Å². The summed E-state index contributed by atoms with van der Waals surface area (Å²) in [5, 5.41) is 8.05. The van der Waals surface area contributed by atoms with Crippen LogP contribution in [-0.2, 0) is 6.54 Å². The van der Waals surface area contributed by atoms with Gasteiger partial charge in [0.1, 0.15) is 5.16 Å². The molecule has 1 aromatic carbocycles. The third-order valence-corrected chi connectivity index (χ3v) is 3.19. The average molecular weight is 250 g/mol. The van der Waals surface area contributed by atoms with Crippen LogP contribution in [0.4, 0.5) is 0 Å². The molecule has 1 aliphatic rings. The molecule has 0 saturated carbocycles. The van der Waals surface area contributed by atoms with Gasteiger partial charge in [-0.25, -0.2) is 0 Å². The van der Waals surface area contributed by atoms with Gasteiger partial charge >= 0.3 is 0 Å². The number of nitrogens with one attached hydrogen (secondary N) is 1. The lowest BCUT2D eigenvalue weighted by Gasteiger charge is -2.29. The standard InChI is InChI=1S/C13H16ClN3/c14-13(16)11-9-17(7-6-12(11)15)8-10-4-2-1-3-5-10/h1-5,15H,6-9,16H2/b13-11-,15-12?. The number of halogens is 1. The second-order valence-corrected chi connectivity index (χ2v) is 4.66. The number of nitrogens with two attached hydrogens (primary N) is 1. The van der Waals surface area contributed by atoms with E-state index in [4.69, 9.17) is 22.7 Å². The summed E-state index contributed by atoms with van der Waals surface area (Å²) in [4.78, 5) is 2.26. The number of rotatable bonds is 2. The topological polar surface area (TPSA) is 53.1 Å². The second-order valence-electron chi connectivity index (χ2n) is 4.25. The Balaban J connectivity index is 2.05. The molecule has 3 nitrogen and oxygen atoms in total. The van der Waals surface area contributed by atoms with E-state index in [9.17, 15) is 0 Å². The zero-order chi connectivity index (χ0) is 12.3. The first-order valence-corrected chi connectivity index (χ1v) is 6.03. The molecule has 4 heteroatoms. The van der Waals surface area contributed by atoms with Gasteiger partial charge in [0.15, 0.2) is 0 Å². The third-order valence-electron chi connectivity index (χ3n) is 2.96. The van der Waals surface area contributed by atoms with Crippen molar-refractivity contribution >= 4 is 17.3 Å². The number of nitrogens with zero attached hydrogens (tertiary/aromatic N) is 1. The molecule has 1 saturated heterocycles. The van der Waals surface area contributed by atoms with E-state index in [2.05, 4.69) is 17.0 Å². The van der Waals surface area contributed by atoms with Crippen molar-refractivity contribution in [3.8, 4) is 0 Å². The summed E-state index contributed by atoms with van der Waals surface area (Å²) in [5.74, 6) is 0. The fourth-order valence-corrected chi connectivity index (χ4v) is 2.19. The third kappa shape index (κ3) is 3.08. The summed E-state index contributed by atoms with van der Waals surface area (Å²) in [6.07, 6.45) is 0.718. The molecule has 0 unspecified atom stereocenters. The Morgan fingerprint density at radius 2 is 2.06 bits per heavy atom. The fraction of sp³-hybridized carbons (Fsp3) is 0.308. The van der Waals surface area contributed by atoms with Crippen LogP contribution in [0.2, 0.25) is 0 Å². The van der Waals surface area contributed by atoms with Gasteiger partial charge in [-0.2, -0.15) is 0 Å². The first-order valence-electron chi connectivity index (χ1n) is 5.65. The molecule has 90 valence electrons. The highest BCUT2D eigenvalue weighted by atomic mass is 35.5. The van der Waals surface area contributed by atoms with Gasteiger partial charge in [0.05, 0.1) is 0 Å². The molecular formula is C13H16ClN3. The minimum atomic E-state index is 0.257.